The van der Waals surface area contributed by atoms with Gasteiger partial charge in [-0.15, -0.1) is 0 Å². The van der Waals surface area contributed by atoms with Crippen molar-refractivity contribution in [3.05, 3.63) is 17.0 Å². The molecule has 2 rings (SSSR count). The van der Waals surface area contributed by atoms with Gasteiger partial charge in [0.1, 0.15) is 0 Å². The third-order valence-electron chi connectivity index (χ3n) is 2.50. The third-order valence-corrected chi connectivity index (χ3v) is 2.50. The summed E-state index contributed by atoms with van der Waals surface area (Å²) in [7, 11) is 0. The van der Waals surface area contributed by atoms with Gasteiger partial charge in [0.05, 0.1) is 11.4 Å². The van der Waals surface area contributed by atoms with Gasteiger partial charge >= 0.3 is 0 Å². The van der Waals surface area contributed by atoms with Crippen molar-refractivity contribution in [1.82, 2.24) is 10.2 Å². The van der Waals surface area contributed by atoms with Crippen LogP contribution in [0, 0.1) is 0 Å². The Morgan fingerprint density at radius 3 is 3.08 bits per heavy atom. The lowest BCUT2D eigenvalue weighted by Gasteiger charge is -2.12. The van der Waals surface area contributed by atoms with Crippen LogP contribution in [0.4, 0.5) is 0 Å². The van der Waals surface area contributed by atoms with Gasteiger partial charge < -0.3 is 5.21 Å². The van der Waals surface area contributed by atoms with Crippen LogP contribution in [0.1, 0.15) is 36.7 Å². The first kappa shape index (κ1) is 8.29. The number of oxime groups is 1. The molecule has 0 saturated heterocycles. The standard InChI is InChI=1S/C9H13N3O/c1-2-6-9-7(11-10-6)4-3-5-8(9)12-13/h13H,2-5H2,1H3,(H,10,11)/b12-8-. The van der Waals surface area contributed by atoms with E-state index in [1.165, 1.54) is 0 Å². The number of aromatic nitrogens is 2. The van der Waals surface area contributed by atoms with E-state index >= 15 is 0 Å². The highest BCUT2D eigenvalue weighted by Crippen LogP contribution is 2.22. The van der Waals surface area contributed by atoms with E-state index in [0.29, 0.717) is 0 Å². The Bertz CT molecular complexity index is 327. The summed E-state index contributed by atoms with van der Waals surface area (Å²) >= 11 is 0. The minimum Gasteiger partial charge on any atom is -0.411 e. The molecule has 0 atom stereocenters. The predicted molar refractivity (Wildman–Crippen MR) is 49.2 cm³/mol. The highest BCUT2D eigenvalue weighted by atomic mass is 16.4. The Labute approximate surface area is 76.7 Å². The van der Waals surface area contributed by atoms with Gasteiger partial charge in [0, 0.05) is 11.3 Å². The number of nitrogens with one attached hydrogen (secondary N) is 1. The summed E-state index contributed by atoms with van der Waals surface area (Å²) in [5.41, 5.74) is 3.97. The summed E-state index contributed by atoms with van der Waals surface area (Å²) in [5, 5.41) is 19.3. The van der Waals surface area contributed by atoms with Crippen molar-refractivity contribution in [2.24, 2.45) is 5.16 Å². The van der Waals surface area contributed by atoms with Gasteiger partial charge in [0.15, 0.2) is 0 Å². The zero-order valence-electron chi connectivity index (χ0n) is 7.67. The maximum Gasteiger partial charge on any atom is 0.0905 e. The van der Waals surface area contributed by atoms with Crippen molar-refractivity contribution in [3.8, 4) is 0 Å². The topological polar surface area (TPSA) is 61.3 Å². The van der Waals surface area contributed by atoms with Crippen LogP contribution in [-0.4, -0.2) is 21.1 Å². The first-order valence-electron chi connectivity index (χ1n) is 4.64. The Kier molecular flexibility index (Phi) is 2.04. The average Bonchev–Trinajstić information content (AvgIpc) is 2.60. The maximum absolute atomic E-state index is 8.82. The monoisotopic (exact) mass is 179 g/mol. The van der Waals surface area contributed by atoms with Crippen molar-refractivity contribution in [3.63, 3.8) is 0 Å². The predicted octanol–water partition coefficient (Wildman–Crippen LogP) is 1.49. The smallest absolute Gasteiger partial charge is 0.0905 e. The normalized spacial score (nSPS) is 19.0. The molecule has 0 aromatic carbocycles. The number of hydrogen-bond acceptors (Lipinski definition) is 3. The van der Waals surface area contributed by atoms with Gasteiger partial charge in [-0.1, -0.05) is 12.1 Å². The molecule has 1 aliphatic carbocycles. The van der Waals surface area contributed by atoms with E-state index in [4.69, 9.17) is 5.21 Å². The van der Waals surface area contributed by atoms with E-state index in [1.54, 1.807) is 0 Å². The van der Waals surface area contributed by atoms with Crippen LogP contribution >= 0.6 is 0 Å². The highest BCUT2D eigenvalue weighted by molar-refractivity contribution is 6.02. The number of aromatic amines is 1. The third kappa shape index (κ3) is 1.22. The Hall–Kier alpha value is -1.32. The fourth-order valence-electron chi connectivity index (χ4n) is 1.86. The molecule has 4 nitrogen and oxygen atoms in total. The maximum atomic E-state index is 8.82. The van der Waals surface area contributed by atoms with Gasteiger partial charge in [-0.05, 0) is 25.7 Å². The number of hydrogen-bond donors (Lipinski definition) is 2. The molecule has 0 radical (unpaired) electrons. The quantitative estimate of drug-likeness (QED) is 0.506. The van der Waals surface area contributed by atoms with Crippen LogP contribution < -0.4 is 0 Å². The highest BCUT2D eigenvalue weighted by Gasteiger charge is 2.21. The van der Waals surface area contributed by atoms with E-state index in [9.17, 15) is 0 Å². The molecule has 1 aromatic heterocycles. The van der Waals surface area contributed by atoms with E-state index in [2.05, 4.69) is 22.3 Å². The van der Waals surface area contributed by atoms with Crippen molar-refractivity contribution in [2.75, 3.05) is 0 Å². The lowest BCUT2D eigenvalue weighted by Crippen LogP contribution is -2.12. The van der Waals surface area contributed by atoms with Gasteiger partial charge in [-0.3, -0.25) is 5.10 Å². The SMILES string of the molecule is CCc1n[nH]c2c1/C(=N\O)CCC2. The largest absolute Gasteiger partial charge is 0.411 e. The van der Waals surface area contributed by atoms with Crippen LogP contribution in [0.2, 0.25) is 0 Å². The van der Waals surface area contributed by atoms with E-state index < -0.39 is 0 Å². The Balaban J connectivity index is 2.51. The molecule has 4 heteroatoms. The summed E-state index contributed by atoms with van der Waals surface area (Å²) in [5.74, 6) is 0. The zero-order chi connectivity index (χ0) is 9.26. The molecule has 1 heterocycles. The number of nitrogens with zero attached hydrogens (tertiary/aromatic N) is 2. The average molecular weight is 179 g/mol. The van der Waals surface area contributed by atoms with Gasteiger partial charge in [0.2, 0.25) is 0 Å². The molecule has 0 amide bonds. The molecule has 0 bridgehead atoms. The summed E-state index contributed by atoms with van der Waals surface area (Å²) < 4.78 is 0. The van der Waals surface area contributed by atoms with E-state index in [-0.39, 0.29) is 0 Å². The Morgan fingerprint density at radius 1 is 1.54 bits per heavy atom. The molecule has 13 heavy (non-hydrogen) atoms. The Morgan fingerprint density at radius 2 is 2.38 bits per heavy atom. The summed E-state index contributed by atoms with van der Waals surface area (Å²) in [6.45, 7) is 2.06. The van der Waals surface area contributed by atoms with Crippen LogP contribution in [0.3, 0.4) is 0 Å². The second-order valence-electron chi connectivity index (χ2n) is 3.28. The van der Waals surface area contributed by atoms with Crippen molar-refractivity contribution in [2.45, 2.75) is 32.6 Å². The summed E-state index contributed by atoms with van der Waals surface area (Å²) in [4.78, 5) is 0. The summed E-state index contributed by atoms with van der Waals surface area (Å²) in [6.07, 6.45) is 3.79. The van der Waals surface area contributed by atoms with Crippen molar-refractivity contribution < 1.29 is 5.21 Å². The lowest BCUT2D eigenvalue weighted by molar-refractivity contribution is 0.317. The van der Waals surface area contributed by atoms with Gasteiger partial charge in [-0.2, -0.15) is 5.10 Å². The van der Waals surface area contributed by atoms with Crippen molar-refractivity contribution in [1.29, 1.82) is 0 Å². The van der Waals surface area contributed by atoms with E-state index in [0.717, 1.165) is 48.3 Å². The number of aryl methyl sites for hydroxylation is 2. The molecule has 0 spiro atoms. The summed E-state index contributed by atoms with van der Waals surface area (Å²) in [6, 6.07) is 0. The minimum atomic E-state index is 0.784. The van der Waals surface area contributed by atoms with Crippen LogP contribution in [-0.2, 0) is 12.8 Å². The molecular formula is C9H13N3O. The second kappa shape index (κ2) is 3.20. The zero-order valence-corrected chi connectivity index (χ0v) is 7.67. The number of fused-ring (bicyclic) bond motifs is 1. The van der Waals surface area contributed by atoms with Crippen LogP contribution in [0.25, 0.3) is 0 Å². The molecule has 0 saturated carbocycles. The molecule has 0 unspecified atom stereocenters. The van der Waals surface area contributed by atoms with Gasteiger partial charge in [0.25, 0.3) is 0 Å². The number of rotatable bonds is 1. The van der Waals surface area contributed by atoms with E-state index in [1.807, 2.05) is 0 Å². The lowest BCUT2D eigenvalue weighted by atomic mass is 9.93. The first-order valence-corrected chi connectivity index (χ1v) is 4.64. The van der Waals surface area contributed by atoms with Crippen molar-refractivity contribution >= 4 is 5.71 Å². The molecule has 1 aromatic rings. The molecule has 1 aliphatic rings. The molecule has 70 valence electrons. The second-order valence-corrected chi connectivity index (χ2v) is 3.28. The number of H-pyrrole nitrogens is 1. The van der Waals surface area contributed by atoms with Crippen LogP contribution in [0.5, 0.6) is 0 Å². The molecule has 2 N–H and O–H groups in total. The first-order chi connectivity index (χ1) is 6.36. The fraction of sp³-hybridized carbons (Fsp3) is 0.556. The van der Waals surface area contributed by atoms with Gasteiger partial charge in [-0.25, -0.2) is 0 Å². The molecule has 0 aliphatic heterocycles. The molecule has 0 fully saturated rings. The van der Waals surface area contributed by atoms with Crippen LogP contribution in [0.15, 0.2) is 5.16 Å². The minimum absolute atomic E-state index is 0.784. The fourth-order valence-corrected chi connectivity index (χ4v) is 1.86. The molecular weight excluding hydrogens is 166 g/mol.